The van der Waals surface area contributed by atoms with Crippen LogP contribution in [0.15, 0.2) is 47.6 Å². The summed E-state index contributed by atoms with van der Waals surface area (Å²) in [4.78, 5) is 13.3. The standard InChI is InChI=1S/C23H25ClN4O4S/c1-16-4-5-17(14-20(16)24)28-21(15-32-19-8-6-18(30-2)7-9-19)25-26-22(28)33-13-3-10-27-11-12-31-23(27)29/h4-9,14H,3,10-13,15H2,1-2H3. The maximum absolute atomic E-state index is 11.6. The summed E-state index contributed by atoms with van der Waals surface area (Å²) in [5, 5.41) is 10.2. The minimum Gasteiger partial charge on any atom is -0.497 e. The van der Waals surface area contributed by atoms with Gasteiger partial charge in [0, 0.05) is 17.3 Å². The van der Waals surface area contributed by atoms with Gasteiger partial charge in [0.2, 0.25) is 0 Å². The fourth-order valence-electron chi connectivity index (χ4n) is 3.34. The summed E-state index contributed by atoms with van der Waals surface area (Å²) in [5.74, 6) is 2.91. The number of ether oxygens (including phenoxy) is 3. The number of thioether (sulfide) groups is 1. The number of hydrogen-bond donors (Lipinski definition) is 0. The van der Waals surface area contributed by atoms with Crippen LogP contribution in [0.25, 0.3) is 5.69 Å². The second kappa shape index (κ2) is 10.8. The second-order valence-electron chi connectivity index (χ2n) is 7.44. The Bertz CT molecular complexity index is 1110. The number of methoxy groups -OCH3 is 1. The molecule has 1 saturated heterocycles. The van der Waals surface area contributed by atoms with Crippen molar-refractivity contribution in [2.75, 3.05) is 32.6 Å². The summed E-state index contributed by atoms with van der Waals surface area (Å²) in [6, 6.07) is 13.3. The van der Waals surface area contributed by atoms with E-state index < -0.39 is 0 Å². The van der Waals surface area contributed by atoms with E-state index >= 15 is 0 Å². The Hall–Kier alpha value is -2.91. The highest BCUT2D eigenvalue weighted by atomic mass is 35.5. The number of benzene rings is 2. The number of carbonyl (C=O) groups is 1. The number of halogens is 1. The third-order valence-electron chi connectivity index (χ3n) is 5.19. The average Bonchev–Trinajstić information content (AvgIpc) is 3.43. The fourth-order valence-corrected chi connectivity index (χ4v) is 4.40. The van der Waals surface area contributed by atoms with Crippen molar-refractivity contribution in [3.05, 3.63) is 58.9 Å². The van der Waals surface area contributed by atoms with Gasteiger partial charge in [0.05, 0.1) is 19.3 Å². The largest absolute Gasteiger partial charge is 0.497 e. The maximum Gasteiger partial charge on any atom is 0.409 e. The second-order valence-corrected chi connectivity index (χ2v) is 8.90. The molecule has 0 saturated carbocycles. The van der Waals surface area contributed by atoms with E-state index in [4.69, 9.17) is 25.8 Å². The van der Waals surface area contributed by atoms with Crippen molar-refractivity contribution in [2.45, 2.75) is 25.1 Å². The van der Waals surface area contributed by atoms with Crippen molar-refractivity contribution in [3.63, 3.8) is 0 Å². The number of nitrogens with zero attached hydrogens (tertiary/aromatic N) is 4. The number of amides is 1. The van der Waals surface area contributed by atoms with Gasteiger partial charge in [-0.1, -0.05) is 29.4 Å². The normalized spacial score (nSPS) is 13.3. The Morgan fingerprint density at radius 2 is 1.94 bits per heavy atom. The lowest BCUT2D eigenvalue weighted by Crippen LogP contribution is -2.25. The number of carbonyl (C=O) groups excluding carboxylic acids is 1. The summed E-state index contributed by atoms with van der Waals surface area (Å²) in [6.45, 7) is 3.97. The van der Waals surface area contributed by atoms with E-state index in [9.17, 15) is 4.79 Å². The number of hydrogen-bond acceptors (Lipinski definition) is 7. The van der Waals surface area contributed by atoms with Gasteiger partial charge < -0.3 is 19.1 Å². The van der Waals surface area contributed by atoms with Gasteiger partial charge in [0.25, 0.3) is 0 Å². The number of cyclic esters (lactones) is 1. The Labute approximate surface area is 201 Å². The number of aryl methyl sites for hydroxylation is 1. The summed E-state index contributed by atoms with van der Waals surface area (Å²) >= 11 is 7.98. The van der Waals surface area contributed by atoms with E-state index in [1.54, 1.807) is 23.8 Å². The number of aromatic nitrogens is 3. The van der Waals surface area contributed by atoms with Crippen LogP contribution < -0.4 is 9.47 Å². The molecule has 0 atom stereocenters. The van der Waals surface area contributed by atoms with Crippen molar-refractivity contribution in [1.82, 2.24) is 19.7 Å². The van der Waals surface area contributed by atoms with Crippen LogP contribution in [0.3, 0.4) is 0 Å². The van der Waals surface area contributed by atoms with Gasteiger partial charge in [-0.3, -0.25) is 4.57 Å². The maximum atomic E-state index is 11.6. The van der Waals surface area contributed by atoms with Gasteiger partial charge in [-0.25, -0.2) is 4.79 Å². The van der Waals surface area contributed by atoms with Crippen molar-refractivity contribution in [1.29, 1.82) is 0 Å². The Morgan fingerprint density at radius 3 is 2.64 bits per heavy atom. The molecule has 0 N–H and O–H groups in total. The molecule has 0 aliphatic carbocycles. The fraction of sp³-hybridized carbons (Fsp3) is 0.348. The molecule has 0 unspecified atom stereocenters. The SMILES string of the molecule is COc1ccc(OCc2nnc(SCCCN3CCOC3=O)n2-c2ccc(C)c(Cl)c2)cc1. The van der Waals surface area contributed by atoms with Crippen LogP contribution in [0, 0.1) is 6.92 Å². The molecule has 1 amide bonds. The third kappa shape index (κ3) is 5.72. The number of rotatable bonds is 10. The molecule has 0 spiro atoms. The summed E-state index contributed by atoms with van der Waals surface area (Å²) in [6.07, 6.45) is 0.578. The van der Waals surface area contributed by atoms with E-state index in [2.05, 4.69) is 10.2 Å². The third-order valence-corrected chi connectivity index (χ3v) is 6.61. The molecule has 1 fully saturated rings. The minimum atomic E-state index is -0.240. The van der Waals surface area contributed by atoms with Crippen LogP contribution in [-0.4, -0.2) is 58.3 Å². The van der Waals surface area contributed by atoms with Crippen LogP contribution in [0.5, 0.6) is 11.5 Å². The molecule has 33 heavy (non-hydrogen) atoms. The molecule has 1 aromatic heterocycles. The van der Waals surface area contributed by atoms with Gasteiger partial charge in [0.1, 0.15) is 24.7 Å². The zero-order valence-corrected chi connectivity index (χ0v) is 20.1. The smallest absolute Gasteiger partial charge is 0.409 e. The predicted octanol–water partition coefficient (Wildman–Crippen LogP) is 4.75. The highest BCUT2D eigenvalue weighted by Gasteiger charge is 2.21. The van der Waals surface area contributed by atoms with Crippen LogP contribution in [0.1, 0.15) is 17.8 Å². The lowest BCUT2D eigenvalue weighted by Gasteiger charge is -2.13. The van der Waals surface area contributed by atoms with E-state index in [1.165, 1.54) is 0 Å². The molecule has 0 radical (unpaired) electrons. The molecule has 2 aromatic carbocycles. The van der Waals surface area contributed by atoms with Crippen molar-refractivity contribution in [3.8, 4) is 17.2 Å². The molecule has 1 aliphatic rings. The van der Waals surface area contributed by atoms with E-state index in [0.717, 1.165) is 34.3 Å². The summed E-state index contributed by atoms with van der Waals surface area (Å²) in [5.41, 5.74) is 1.87. The lowest BCUT2D eigenvalue weighted by molar-refractivity contribution is 0.158. The lowest BCUT2D eigenvalue weighted by atomic mass is 10.2. The van der Waals surface area contributed by atoms with E-state index in [-0.39, 0.29) is 12.7 Å². The Kier molecular flexibility index (Phi) is 7.61. The molecule has 0 bridgehead atoms. The van der Waals surface area contributed by atoms with Crippen LogP contribution in [0.4, 0.5) is 4.79 Å². The molecule has 8 nitrogen and oxygen atoms in total. The molecular weight excluding hydrogens is 464 g/mol. The molecule has 4 rings (SSSR count). The van der Waals surface area contributed by atoms with Gasteiger partial charge in [-0.15, -0.1) is 10.2 Å². The average molecular weight is 489 g/mol. The highest BCUT2D eigenvalue weighted by Crippen LogP contribution is 2.27. The molecule has 174 valence electrons. The van der Waals surface area contributed by atoms with Crippen molar-refractivity contribution < 1.29 is 19.0 Å². The minimum absolute atomic E-state index is 0.240. The van der Waals surface area contributed by atoms with Crippen LogP contribution >= 0.6 is 23.4 Å². The first kappa shape index (κ1) is 23.3. The van der Waals surface area contributed by atoms with E-state index in [0.29, 0.717) is 36.3 Å². The van der Waals surface area contributed by atoms with Crippen molar-refractivity contribution in [2.24, 2.45) is 0 Å². The zero-order chi connectivity index (χ0) is 23.2. The molecular formula is C23H25ClN4O4S. The van der Waals surface area contributed by atoms with Gasteiger partial charge in [-0.2, -0.15) is 0 Å². The highest BCUT2D eigenvalue weighted by molar-refractivity contribution is 7.99. The zero-order valence-electron chi connectivity index (χ0n) is 18.5. The first-order valence-electron chi connectivity index (χ1n) is 10.6. The van der Waals surface area contributed by atoms with Gasteiger partial charge in [0.15, 0.2) is 11.0 Å². The predicted molar refractivity (Wildman–Crippen MR) is 127 cm³/mol. The van der Waals surface area contributed by atoms with Gasteiger partial charge >= 0.3 is 6.09 Å². The van der Waals surface area contributed by atoms with Crippen LogP contribution in [-0.2, 0) is 11.3 Å². The summed E-state index contributed by atoms with van der Waals surface area (Å²) < 4.78 is 18.1. The summed E-state index contributed by atoms with van der Waals surface area (Å²) in [7, 11) is 1.63. The Morgan fingerprint density at radius 1 is 1.15 bits per heavy atom. The van der Waals surface area contributed by atoms with Gasteiger partial charge in [-0.05, 0) is 55.3 Å². The molecule has 2 heterocycles. The van der Waals surface area contributed by atoms with E-state index in [1.807, 2.05) is 54.0 Å². The first-order chi connectivity index (χ1) is 16.0. The topological polar surface area (TPSA) is 78.7 Å². The Balaban J connectivity index is 1.48. The molecule has 10 heteroatoms. The quantitative estimate of drug-likeness (QED) is 0.301. The molecule has 3 aromatic rings. The van der Waals surface area contributed by atoms with Crippen molar-refractivity contribution >= 4 is 29.5 Å². The monoisotopic (exact) mass is 488 g/mol. The van der Waals surface area contributed by atoms with Crippen LogP contribution in [0.2, 0.25) is 5.02 Å². The molecule has 1 aliphatic heterocycles. The first-order valence-corrected chi connectivity index (χ1v) is 11.9.